The van der Waals surface area contributed by atoms with E-state index >= 15 is 0 Å². The van der Waals surface area contributed by atoms with Gasteiger partial charge in [-0.1, -0.05) is 0 Å². The number of aromatic nitrogens is 4. The number of carbonyl (C=O) groups excluding carboxylic acids is 2. The molecule has 0 aliphatic carbocycles. The molecule has 5 rings (SSSR count). The summed E-state index contributed by atoms with van der Waals surface area (Å²) in [4.78, 5) is 36.2. The lowest BCUT2D eigenvalue weighted by molar-refractivity contribution is 0.0713. The molecule has 2 saturated heterocycles. The number of nitrogens with one attached hydrogen (secondary N) is 1. The van der Waals surface area contributed by atoms with Crippen LogP contribution >= 0.6 is 0 Å². The predicted molar refractivity (Wildman–Crippen MR) is 121 cm³/mol. The molecule has 0 radical (unpaired) electrons. The van der Waals surface area contributed by atoms with Crippen molar-refractivity contribution in [3.8, 4) is 0 Å². The van der Waals surface area contributed by atoms with Gasteiger partial charge in [0.15, 0.2) is 5.65 Å². The van der Waals surface area contributed by atoms with Gasteiger partial charge in [-0.3, -0.25) is 14.6 Å². The van der Waals surface area contributed by atoms with E-state index in [0.717, 1.165) is 43.5 Å². The molecule has 0 bridgehead atoms. The van der Waals surface area contributed by atoms with Crippen molar-refractivity contribution in [3.05, 3.63) is 59.3 Å². The van der Waals surface area contributed by atoms with Gasteiger partial charge < -0.3 is 15.0 Å². The molecule has 1 N–H and O–H groups in total. The van der Waals surface area contributed by atoms with Crippen molar-refractivity contribution in [1.29, 1.82) is 0 Å². The van der Waals surface area contributed by atoms with Crippen LogP contribution in [0.3, 0.4) is 0 Å². The molecule has 9 heteroatoms. The van der Waals surface area contributed by atoms with E-state index in [4.69, 9.17) is 4.74 Å². The van der Waals surface area contributed by atoms with E-state index in [2.05, 4.69) is 20.4 Å². The van der Waals surface area contributed by atoms with Crippen molar-refractivity contribution in [2.75, 3.05) is 26.2 Å². The highest BCUT2D eigenvalue weighted by Crippen LogP contribution is 2.28. The molecule has 5 heterocycles. The van der Waals surface area contributed by atoms with Gasteiger partial charge in [-0.2, -0.15) is 5.10 Å². The first-order valence-electron chi connectivity index (χ1n) is 11.5. The van der Waals surface area contributed by atoms with E-state index in [-0.39, 0.29) is 23.8 Å². The lowest BCUT2D eigenvalue weighted by Gasteiger charge is -2.31. The fourth-order valence-corrected chi connectivity index (χ4v) is 4.56. The van der Waals surface area contributed by atoms with E-state index in [0.29, 0.717) is 36.4 Å². The molecule has 1 atom stereocenters. The Hall–Kier alpha value is -3.33. The number of hydrogen-bond donors (Lipinski definition) is 1. The van der Waals surface area contributed by atoms with E-state index in [1.165, 1.54) is 0 Å². The Balaban J connectivity index is 1.16. The predicted octanol–water partition coefficient (Wildman–Crippen LogP) is 2.36. The zero-order valence-electron chi connectivity index (χ0n) is 18.7. The maximum atomic E-state index is 13.0. The monoisotopic (exact) mass is 448 g/mol. The van der Waals surface area contributed by atoms with Crippen LogP contribution < -0.4 is 5.32 Å². The number of aryl methyl sites for hydroxylation is 1. The summed E-state index contributed by atoms with van der Waals surface area (Å²) in [5, 5.41) is 7.20. The Kier molecular flexibility index (Phi) is 6.04. The van der Waals surface area contributed by atoms with Crippen LogP contribution in [0.25, 0.3) is 5.65 Å². The number of hydrogen-bond acceptors (Lipinski definition) is 6. The molecule has 0 spiro atoms. The minimum atomic E-state index is -0.123. The first-order valence-corrected chi connectivity index (χ1v) is 11.5. The van der Waals surface area contributed by atoms with Crippen LogP contribution in [0.5, 0.6) is 0 Å². The molecule has 0 unspecified atom stereocenters. The van der Waals surface area contributed by atoms with Crippen LogP contribution in [0.1, 0.15) is 63.6 Å². The largest absolute Gasteiger partial charge is 0.376 e. The lowest BCUT2D eigenvalue weighted by Crippen LogP contribution is -2.38. The Morgan fingerprint density at radius 2 is 1.97 bits per heavy atom. The number of fused-ring (bicyclic) bond motifs is 1. The molecule has 2 aliphatic heterocycles. The van der Waals surface area contributed by atoms with Gasteiger partial charge in [0.25, 0.3) is 11.8 Å². The highest BCUT2D eigenvalue weighted by molar-refractivity contribution is 5.99. The molecule has 172 valence electrons. The Morgan fingerprint density at radius 1 is 1.12 bits per heavy atom. The first-order chi connectivity index (χ1) is 16.1. The second-order valence-corrected chi connectivity index (χ2v) is 8.84. The normalized spacial score (nSPS) is 19.2. The van der Waals surface area contributed by atoms with E-state index in [1.807, 2.05) is 30.2 Å². The SMILES string of the molecule is Cc1cnc2c(C(=O)N3CCC(c4ccc(C(=O)NC[C@@H]5CCCO5)cn4)CC3)cnn2c1. The average molecular weight is 449 g/mol. The minimum absolute atomic E-state index is 0.0361. The van der Waals surface area contributed by atoms with Crippen molar-refractivity contribution in [2.24, 2.45) is 0 Å². The van der Waals surface area contributed by atoms with Gasteiger partial charge in [0, 0.05) is 56.4 Å². The van der Waals surface area contributed by atoms with Crippen LogP contribution in [0.4, 0.5) is 0 Å². The van der Waals surface area contributed by atoms with Gasteiger partial charge >= 0.3 is 0 Å². The van der Waals surface area contributed by atoms with Crippen molar-refractivity contribution in [1.82, 2.24) is 29.8 Å². The number of likely N-dealkylation sites (tertiary alicyclic amines) is 1. The van der Waals surface area contributed by atoms with Crippen molar-refractivity contribution in [3.63, 3.8) is 0 Å². The topological polar surface area (TPSA) is 102 Å². The van der Waals surface area contributed by atoms with Gasteiger partial charge in [-0.15, -0.1) is 0 Å². The van der Waals surface area contributed by atoms with Crippen molar-refractivity contribution in [2.45, 2.75) is 44.6 Å². The molecule has 2 fully saturated rings. The maximum Gasteiger partial charge on any atom is 0.259 e. The smallest absolute Gasteiger partial charge is 0.259 e. The molecular weight excluding hydrogens is 420 g/mol. The number of nitrogens with zero attached hydrogens (tertiary/aromatic N) is 5. The van der Waals surface area contributed by atoms with Crippen LogP contribution in [-0.4, -0.2) is 68.6 Å². The number of piperidine rings is 1. The van der Waals surface area contributed by atoms with Gasteiger partial charge in [0.1, 0.15) is 5.56 Å². The number of amides is 2. The summed E-state index contributed by atoms with van der Waals surface area (Å²) in [6, 6.07) is 3.76. The summed E-state index contributed by atoms with van der Waals surface area (Å²) in [6.45, 7) is 4.56. The van der Waals surface area contributed by atoms with Gasteiger partial charge in [0.05, 0.1) is 17.9 Å². The molecular formula is C24H28N6O3. The first kappa shape index (κ1) is 21.5. The highest BCUT2D eigenvalue weighted by atomic mass is 16.5. The quantitative estimate of drug-likeness (QED) is 0.643. The molecule has 0 saturated carbocycles. The average Bonchev–Trinajstić information content (AvgIpc) is 3.52. The number of carbonyl (C=O) groups is 2. The molecule has 0 aromatic carbocycles. The molecule has 2 amide bonds. The van der Waals surface area contributed by atoms with Gasteiger partial charge in [-0.05, 0) is 50.3 Å². The number of rotatable bonds is 5. The maximum absolute atomic E-state index is 13.0. The lowest BCUT2D eigenvalue weighted by atomic mass is 9.92. The van der Waals surface area contributed by atoms with Gasteiger partial charge in [-0.25, -0.2) is 9.50 Å². The third kappa shape index (κ3) is 4.59. The summed E-state index contributed by atoms with van der Waals surface area (Å²) >= 11 is 0. The third-order valence-electron chi connectivity index (χ3n) is 6.48. The molecule has 2 aliphatic rings. The fraction of sp³-hybridized carbons (Fsp3) is 0.458. The summed E-state index contributed by atoms with van der Waals surface area (Å²) in [6.07, 6.45) is 10.7. The number of ether oxygens (including phenoxy) is 1. The summed E-state index contributed by atoms with van der Waals surface area (Å²) in [5.74, 6) is 0.107. The van der Waals surface area contributed by atoms with Crippen molar-refractivity contribution >= 4 is 17.5 Å². The summed E-state index contributed by atoms with van der Waals surface area (Å²) < 4.78 is 7.20. The third-order valence-corrected chi connectivity index (χ3v) is 6.48. The summed E-state index contributed by atoms with van der Waals surface area (Å²) in [5.41, 5.74) is 3.63. The van der Waals surface area contributed by atoms with E-state index in [1.54, 1.807) is 23.1 Å². The molecule has 9 nitrogen and oxygen atoms in total. The van der Waals surface area contributed by atoms with E-state index < -0.39 is 0 Å². The second kappa shape index (κ2) is 9.27. The van der Waals surface area contributed by atoms with Crippen molar-refractivity contribution < 1.29 is 14.3 Å². The molecule has 3 aromatic rings. The van der Waals surface area contributed by atoms with Crippen LogP contribution in [-0.2, 0) is 4.74 Å². The zero-order chi connectivity index (χ0) is 22.8. The zero-order valence-corrected chi connectivity index (χ0v) is 18.7. The second-order valence-electron chi connectivity index (χ2n) is 8.84. The summed E-state index contributed by atoms with van der Waals surface area (Å²) in [7, 11) is 0. The number of pyridine rings is 1. The Labute approximate surface area is 192 Å². The Bertz CT molecular complexity index is 1140. The fourth-order valence-electron chi connectivity index (χ4n) is 4.56. The highest BCUT2D eigenvalue weighted by Gasteiger charge is 2.27. The van der Waals surface area contributed by atoms with Crippen LogP contribution in [0, 0.1) is 6.92 Å². The van der Waals surface area contributed by atoms with Crippen LogP contribution in [0.15, 0.2) is 36.9 Å². The molecule has 3 aromatic heterocycles. The minimum Gasteiger partial charge on any atom is -0.376 e. The van der Waals surface area contributed by atoms with Gasteiger partial charge in [0.2, 0.25) is 0 Å². The van der Waals surface area contributed by atoms with E-state index in [9.17, 15) is 9.59 Å². The molecule has 33 heavy (non-hydrogen) atoms. The standard InChI is InChI=1S/C24H28N6O3/c1-16-11-26-22-20(14-28-30(22)15-16)24(32)29-8-6-17(7-9-29)21-5-4-18(12-25-21)23(31)27-13-19-3-2-10-33-19/h4-5,11-12,14-15,17,19H,2-3,6-10,13H2,1H3,(H,27,31)/t19-/m0/s1. The van der Waals surface area contributed by atoms with Crippen LogP contribution in [0.2, 0.25) is 0 Å². The Morgan fingerprint density at radius 3 is 2.70 bits per heavy atom.